The van der Waals surface area contributed by atoms with Crippen molar-refractivity contribution in [2.45, 2.75) is 33.6 Å². The minimum atomic E-state index is 0.0226. The zero-order chi connectivity index (χ0) is 10.3. The van der Waals surface area contributed by atoms with Crippen LogP contribution in [-0.4, -0.2) is 18.2 Å². The number of hydrogen-bond donors (Lipinski definition) is 2. The summed E-state index contributed by atoms with van der Waals surface area (Å²) in [6.45, 7) is 6.44. The summed E-state index contributed by atoms with van der Waals surface area (Å²) >= 11 is 0. The van der Waals surface area contributed by atoms with Crippen molar-refractivity contribution < 1.29 is 4.79 Å². The van der Waals surface area contributed by atoms with E-state index in [0.717, 1.165) is 5.57 Å². The average molecular weight is 182 g/mol. The normalized spacial score (nSPS) is 9.15. The van der Waals surface area contributed by atoms with Gasteiger partial charge in [-0.25, -0.2) is 0 Å². The Morgan fingerprint density at radius 3 is 2.46 bits per heavy atom. The van der Waals surface area contributed by atoms with Gasteiger partial charge in [-0.3, -0.25) is 4.79 Å². The predicted molar refractivity (Wildman–Crippen MR) is 55.1 cm³/mol. The monoisotopic (exact) mass is 182 g/mol. The average Bonchev–Trinajstić information content (AvgIpc) is 2.00. The van der Waals surface area contributed by atoms with Crippen molar-refractivity contribution in [1.82, 2.24) is 5.32 Å². The van der Waals surface area contributed by atoms with Crippen molar-refractivity contribution in [3.8, 4) is 0 Å². The molecule has 0 rings (SSSR count). The zero-order valence-electron chi connectivity index (χ0n) is 8.61. The van der Waals surface area contributed by atoms with Crippen LogP contribution in [-0.2, 0) is 4.79 Å². The smallest absolute Gasteiger partial charge is 0.220 e. The van der Waals surface area contributed by atoms with E-state index in [1.54, 1.807) is 6.08 Å². The molecular weight excluding hydrogens is 164 g/mol. The molecule has 0 aromatic rings. The first-order chi connectivity index (χ1) is 6.06. The molecule has 0 aromatic carbocycles. The van der Waals surface area contributed by atoms with E-state index in [1.807, 2.05) is 20.8 Å². The Morgan fingerprint density at radius 1 is 1.38 bits per heavy atom. The highest BCUT2D eigenvalue weighted by Crippen LogP contribution is 1.97. The van der Waals surface area contributed by atoms with Crippen molar-refractivity contribution in [2.24, 2.45) is 0 Å². The number of allylic oxidation sites excluding steroid dienone is 2. The van der Waals surface area contributed by atoms with Crippen molar-refractivity contribution >= 4 is 11.6 Å². The molecule has 0 unspecified atom stereocenters. The van der Waals surface area contributed by atoms with Crippen LogP contribution in [0.2, 0.25) is 0 Å². The maximum atomic E-state index is 11.0. The maximum absolute atomic E-state index is 11.0. The molecule has 3 heteroatoms. The molecule has 0 aromatic heterocycles. The molecule has 1 amide bonds. The van der Waals surface area contributed by atoms with Crippen molar-refractivity contribution in [1.29, 1.82) is 5.41 Å². The van der Waals surface area contributed by atoms with Gasteiger partial charge in [0.15, 0.2) is 0 Å². The highest BCUT2D eigenvalue weighted by Gasteiger charge is 2.00. The van der Waals surface area contributed by atoms with E-state index in [9.17, 15) is 4.79 Å². The molecular formula is C10H18N2O. The molecule has 0 atom stereocenters. The number of amides is 1. The van der Waals surface area contributed by atoms with E-state index < -0.39 is 0 Å². The highest BCUT2D eigenvalue weighted by molar-refractivity contribution is 5.95. The van der Waals surface area contributed by atoms with Crippen LogP contribution < -0.4 is 5.32 Å². The summed E-state index contributed by atoms with van der Waals surface area (Å²) in [6.07, 6.45) is 2.73. The molecule has 0 aliphatic heterocycles. The molecule has 0 radical (unpaired) electrons. The van der Waals surface area contributed by atoms with Crippen LogP contribution in [0, 0.1) is 5.41 Å². The van der Waals surface area contributed by atoms with Crippen LogP contribution in [0.3, 0.4) is 0 Å². The second kappa shape index (κ2) is 6.40. The van der Waals surface area contributed by atoms with Gasteiger partial charge in [-0.15, -0.1) is 0 Å². The number of rotatable bonds is 5. The van der Waals surface area contributed by atoms with Crippen LogP contribution in [0.5, 0.6) is 0 Å². The van der Waals surface area contributed by atoms with Crippen molar-refractivity contribution in [3.05, 3.63) is 11.6 Å². The second-order valence-corrected chi connectivity index (χ2v) is 3.20. The first kappa shape index (κ1) is 11.9. The molecule has 74 valence electrons. The van der Waals surface area contributed by atoms with Gasteiger partial charge >= 0.3 is 0 Å². The van der Waals surface area contributed by atoms with E-state index in [4.69, 9.17) is 5.41 Å². The molecule has 0 aliphatic carbocycles. The molecule has 3 nitrogen and oxygen atoms in total. The highest BCUT2D eigenvalue weighted by atomic mass is 16.1. The molecule has 0 saturated heterocycles. The third-order valence-electron chi connectivity index (χ3n) is 1.46. The Morgan fingerprint density at radius 2 is 2.00 bits per heavy atom. The van der Waals surface area contributed by atoms with E-state index in [2.05, 4.69) is 5.32 Å². The number of hydrogen-bond acceptors (Lipinski definition) is 2. The molecule has 13 heavy (non-hydrogen) atoms. The van der Waals surface area contributed by atoms with E-state index in [-0.39, 0.29) is 5.91 Å². The first-order valence-corrected chi connectivity index (χ1v) is 4.55. The summed E-state index contributed by atoms with van der Waals surface area (Å²) < 4.78 is 0. The molecule has 0 spiro atoms. The largest absolute Gasteiger partial charge is 0.356 e. The molecule has 0 bridgehead atoms. The minimum Gasteiger partial charge on any atom is -0.356 e. The van der Waals surface area contributed by atoms with Crippen LogP contribution in [0.15, 0.2) is 11.6 Å². The van der Waals surface area contributed by atoms with Crippen molar-refractivity contribution in [2.75, 3.05) is 6.54 Å². The first-order valence-electron chi connectivity index (χ1n) is 4.55. The lowest BCUT2D eigenvalue weighted by atomic mass is 10.1. The fourth-order valence-electron chi connectivity index (χ4n) is 0.954. The summed E-state index contributed by atoms with van der Waals surface area (Å²) in [7, 11) is 0. The van der Waals surface area contributed by atoms with Gasteiger partial charge in [0, 0.05) is 18.7 Å². The van der Waals surface area contributed by atoms with Crippen LogP contribution >= 0.6 is 0 Å². The Hall–Kier alpha value is -1.12. The lowest BCUT2D eigenvalue weighted by molar-refractivity contribution is -0.120. The van der Waals surface area contributed by atoms with Gasteiger partial charge in [-0.2, -0.15) is 0 Å². The summed E-state index contributed by atoms with van der Waals surface area (Å²) in [6, 6.07) is 0. The van der Waals surface area contributed by atoms with Gasteiger partial charge in [0.25, 0.3) is 0 Å². The quantitative estimate of drug-likeness (QED) is 0.627. The fourth-order valence-corrected chi connectivity index (χ4v) is 0.954. The third kappa shape index (κ3) is 7.25. The zero-order valence-corrected chi connectivity index (χ0v) is 8.61. The number of carbonyl (C=O) groups excluding carboxylic acids is 1. The second-order valence-electron chi connectivity index (χ2n) is 3.20. The number of nitrogens with one attached hydrogen (secondary N) is 2. The lowest BCUT2D eigenvalue weighted by Gasteiger charge is -2.01. The standard InChI is InChI=1S/C10H18N2O/c1-4-12-10(13)6-5-9(11)7-8(2)3/h7,11H,4-6H2,1-3H3,(H,12,13). The lowest BCUT2D eigenvalue weighted by Crippen LogP contribution is -2.22. The summed E-state index contributed by atoms with van der Waals surface area (Å²) in [5, 5.41) is 10.2. The Balaban J connectivity index is 3.71. The SMILES string of the molecule is CCNC(=O)CCC(=N)C=C(C)C. The number of carbonyl (C=O) groups is 1. The van der Waals surface area contributed by atoms with Crippen LogP contribution in [0.4, 0.5) is 0 Å². The van der Waals surface area contributed by atoms with Crippen molar-refractivity contribution in [3.63, 3.8) is 0 Å². The van der Waals surface area contributed by atoms with E-state index in [0.29, 0.717) is 25.1 Å². The van der Waals surface area contributed by atoms with Gasteiger partial charge < -0.3 is 10.7 Å². The minimum absolute atomic E-state index is 0.0226. The van der Waals surface area contributed by atoms with E-state index in [1.165, 1.54) is 0 Å². The van der Waals surface area contributed by atoms with Gasteiger partial charge in [0.1, 0.15) is 0 Å². The summed E-state index contributed by atoms with van der Waals surface area (Å²) in [5.41, 5.74) is 1.62. The van der Waals surface area contributed by atoms with Gasteiger partial charge in [-0.1, -0.05) is 5.57 Å². The predicted octanol–water partition coefficient (Wildman–Crippen LogP) is 1.89. The third-order valence-corrected chi connectivity index (χ3v) is 1.46. The van der Waals surface area contributed by atoms with Gasteiger partial charge in [-0.05, 0) is 33.3 Å². The molecule has 2 N–H and O–H groups in total. The molecule has 0 saturated carbocycles. The summed E-state index contributed by atoms with van der Waals surface area (Å²) in [5.74, 6) is 0.0226. The molecule has 0 fully saturated rings. The molecule has 0 heterocycles. The van der Waals surface area contributed by atoms with Gasteiger partial charge in [0.2, 0.25) is 5.91 Å². The van der Waals surface area contributed by atoms with Crippen LogP contribution in [0.25, 0.3) is 0 Å². The Labute approximate surface area is 79.7 Å². The summed E-state index contributed by atoms with van der Waals surface area (Å²) in [4.78, 5) is 11.0. The maximum Gasteiger partial charge on any atom is 0.220 e. The van der Waals surface area contributed by atoms with Gasteiger partial charge in [0.05, 0.1) is 0 Å². The topological polar surface area (TPSA) is 53.0 Å². The fraction of sp³-hybridized carbons (Fsp3) is 0.600. The Kier molecular flexibility index (Phi) is 5.85. The van der Waals surface area contributed by atoms with Crippen LogP contribution in [0.1, 0.15) is 33.6 Å². The van der Waals surface area contributed by atoms with E-state index >= 15 is 0 Å². The Bertz CT molecular complexity index is 215. The molecule has 0 aliphatic rings.